The van der Waals surface area contributed by atoms with E-state index < -0.39 is 0 Å². The second kappa shape index (κ2) is 32.5. The molecule has 5 heterocycles. The van der Waals surface area contributed by atoms with Crippen LogP contribution in [0.15, 0.2) is 243 Å². The topological polar surface area (TPSA) is 19.4 Å². The molecule has 5 aromatic heterocycles. The van der Waals surface area contributed by atoms with Crippen LogP contribution in [0.2, 0.25) is 0 Å². The zero-order valence-corrected chi connectivity index (χ0v) is 66.7. The fourth-order valence-corrected chi connectivity index (χ4v) is 15.4. The Labute approximate surface area is 627 Å². The second-order valence-electron chi connectivity index (χ2n) is 30.5. The van der Waals surface area contributed by atoms with Gasteiger partial charge in [0.1, 0.15) is 35.2 Å². The van der Waals surface area contributed by atoms with Crippen molar-refractivity contribution in [2.24, 2.45) is 41.2 Å². The van der Waals surface area contributed by atoms with Crippen LogP contribution in [-0.4, -0.2) is 0 Å². The molecule has 0 bridgehead atoms. The molecule has 0 radical (unpaired) electrons. The van der Waals surface area contributed by atoms with Crippen molar-refractivity contribution in [3.05, 3.63) is 327 Å². The first-order chi connectivity index (χ1) is 50.2. The van der Waals surface area contributed by atoms with Crippen LogP contribution in [0.1, 0.15) is 117 Å². The van der Waals surface area contributed by atoms with E-state index >= 15 is 0 Å². The lowest BCUT2D eigenvalue weighted by Gasteiger charge is -2.12. The van der Waals surface area contributed by atoms with Gasteiger partial charge in [0.15, 0.2) is 31.0 Å². The van der Waals surface area contributed by atoms with Crippen molar-refractivity contribution in [3.63, 3.8) is 0 Å². The van der Waals surface area contributed by atoms with Crippen LogP contribution in [0.5, 0.6) is 0 Å². The minimum atomic E-state index is 0.555. The molecule has 0 saturated carbocycles. The number of hydrogen-bond donors (Lipinski definition) is 0. The Kier molecular flexibility index (Phi) is 23.3. The molecule has 0 amide bonds. The van der Waals surface area contributed by atoms with E-state index in [9.17, 15) is 0 Å². The zero-order chi connectivity index (χ0) is 75.2. The molecular weight excluding hydrogens is 1270 g/mol. The Morgan fingerprint density at radius 3 is 0.867 bits per heavy atom. The van der Waals surface area contributed by atoms with Crippen molar-refractivity contribution < 1.29 is 22.8 Å². The third kappa shape index (κ3) is 16.6. The molecule has 0 aliphatic rings. The fourth-order valence-electron chi connectivity index (χ4n) is 15.4. The number of aromatic nitrogens is 5. The van der Waals surface area contributed by atoms with Gasteiger partial charge in [-0.1, -0.05) is 171 Å². The first kappa shape index (κ1) is 75.4. The van der Waals surface area contributed by atoms with Crippen molar-refractivity contribution in [1.29, 1.82) is 0 Å². The first-order valence-electron chi connectivity index (χ1n) is 37.5. The van der Waals surface area contributed by atoms with Crippen LogP contribution in [0, 0.1) is 95.9 Å². The van der Waals surface area contributed by atoms with Gasteiger partial charge in [0.2, 0.25) is 28.5 Å². The van der Waals surface area contributed by atoms with Gasteiger partial charge in [-0.15, -0.1) is 0 Å². The number of hydrogen-bond acceptors (Lipinski definition) is 0. The highest BCUT2D eigenvalue weighted by Crippen LogP contribution is 2.36. The van der Waals surface area contributed by atoms with Gasteiger partial charge >= 0.3 is 0 Å². The molecule has 5 nitrogen and oxygen atoms in total. The maximum absolute atomic E-state index is 2.36. The third-order valence-corrected chi connectivity index (χ3v) is 21.5. The molecule has 10 aromatic carbocycles. The molecule has 0 fully saturated rings. The average Bonchev–Trinajstić information content (AvgIpc) is 0.788. The number of nitrogens with zero attached hydrogens (tertiary/aromatic N) is 5. The fraction of sp³-hybridized carbons (Fsp3) is 0.250. The molecule has 15 aromatic rings. The lowest BCUT2D eigenvalue weighted by atomic mass is 9.93. The molecule has 0 unspecified atom stereocenters. The molecular formula is C100H110N5+5. The summed E-state index contributed by atoms with van der Waals surface area (Å²) in [5.41, 5.74) is 33.5. The first-order valence-corrected chi connectivity index (χ1v) is 37.5. The third-order valence-electron chi connectivity index (χ3n) is 21.5. The van der Waals surface area contributed by atoms with E-state index in [4.69, 9.17) is 0 Å². The number of pyridine rings is 5. The number of fused-ring (bicyclic) bond motifs is 5. The summed E-state index contributed by atoms with van der Waals surface area (Å²) in [5, 5.41) is 13.1. The maximum atomic E-state index is 2.36. The number of aryl methyl sites for hydroxylation is 14. The molecule has 530 valence electrons. The van der Waals surface area contributed by atoms with Gasteiger partial charge in [0, 0.05) is 35.9 Å². The van der Waals surface area contributed by atoms with E-state index in [1.54, 1.807) is 0 Å². The Morgan fingerprint density at radius 1 is 0.248 bits per heavy atom. The molecule has 0 saturated heterocycles. The molecule has 105 heavy (non-hydrogen) atoms. The monoisotopic (exact) mass is 1380 g/mol. The van der Waals surface area contributed by atoms with Gasteiger partial charge < -0.3 is 0 Å². The van der Waals surface area contributed by atoms with Crippen molar-refractivity contribution in [1.82, 2.24) is 0 Å². The molecule has 0 atom stereocenters. The maximum Gasteiger partial charge on any atom is 0.220 e. The Bertz CT molecular complexity index is 5610. The smallest absolute Gasteiger partial charge is 0.200 e. The molecule has 15 rings (SSSR count). The second-order valence-corrected chi connectivity index (χ2v) is 30.5. The average molecular weight is 1380 g/mol. The van der Waals surface area contributed by atoms with Crippen LogP contribution >= 0.6 is 0 Å². The van der Waals surface area contributed by atoms with Crippen molar-refractivity contribution in [2.45, 2.75) is 130 Å². The normalized spacial score (nSPS) is 11.2. The van der Waals surface area contributed by atoms with E-state index in [0.29, 0.717) is 11.8 Å². The minimum Gasteiger partial charge on any atom is -0.200 e. The summed E-state index contributed by atoms with van der Waals surface area (Å²) in [7, 11) is 10.6. The molecule has 0 aliphatic heterocycles. The Hall–Kier alpha value is -10.8. The minimum absolute atomic E-state index is 0.555. The quantitative estimate of drug-likeness (QED) is 0.135. The van der Waals surface area contributed by atoms with Gasteiger partial charge in [-0.3, -0.25) is 0 Å². The summed E-state index contributed by atoms with van der Waals surface area (Å²) in [6.45, 7) is 37.6. The lowest BCUT2D eigenvalue weighted by Crippen LogP contribution is -2.30. The predicted molar refractivity (Wildman–Crippen MR) is 447 cm³/mol. The molecule has 5 heteroatoms. The highest BCUT2D eigenvalue weighted by molar-refractivity contribution is 5.98. The highest BCUT2D eigenvalue weighted by Gasteiger charge is 2.24. The van der Waals surface area contributed by atoms with Crippen LogP contribution < -0.4 is 22.8 Å². The Morgan fingerprint density at radius 2 is 0.533 bits per heavy atom. The molecule has 0 N–H and O–H groups in total. The van der Waals surface area contributed by atoms with E-state index in [1.807, 2.05) is 0 Å². The summed E-state index contributed by atoms with van der Waals surface area (Å²) in [6.07, 6.45) is 11.9. The van der Waals surface area contributed by atoms with Gasteiger partial charge in [0.05, 0.1) is 49.2 Å². The summed E-state index contributed by atoms with van der Waals surface area (Å²) in [5.74, 6) is 1.24. The van der Waals surface area contributed by atoms with Crippen LogP contribution in [0.25, 0.3) is 110 Å². The van der Waals surface area contributed by atoms with E-state index in [0.717, 1.165) is 6.42 Å². The van der Waals surface area contributed by atoms with Crippen molar-refractivity contribution >= 4 is 53.9 Å². The standard InChI is InChI=1S/C23H28N.C22H26N.2C19H20N.C17H16N/c1-15(2)11-19-7-8-21-20(14-19)9-10-24(6)23(21)22-13-16(3)12-17(4)18(22)5;1-14(2)18-7-8-20-19(13-18)9-10-23(6)22(20)21-12-15(3)11-16(4)17(21)5;2*1-13-11-14(2)15(3)18(12-13)19-17-8-6-5-7-16(17)9-10-20(19)4;1-13-7-3-5-9-15(13)17-16-10-6-4-8-14(16)11-12-18(17)2/h7-10,12-15H,11H2,1-6H3;7-14H,1-6H3;2*5-12H,1-4H3;3-12H,1-2H3/q5*+1. The van der Waals surface area contributed by atoms with Crippen LogP contribution in [0.3, 0.4) is 0 Å². The van der Waals surface area contributed by atoms with Crippen LogP contribution in [-0.2, 0) is 41.7 Å². The predicted octanol–water partition coefficient (Wildman–Crippen LogP) is 23.0. The summed E-state index contributed by atoms with van der Waals surface area (Å²) in [6, 6.07) is 77.4. The summed E-state index contributed by atoms with van der Waals surface area (Å²) >= 11 is 0. The van der Waals surface area contributed by atoms with E-state index in [1.165, 1.54) is 194 Å². The van der Waals surface area contributed by atoms with Crippen molar-refractivity contribution in [2.75, 3.05) is 0 Å². The number of benzene rings is 10. The zero-order valence-electron chi connectivity index (χ0n) is 66.7. The number of rotatable bonds is 8. The van der Waals surface area contributed by atoms with Crippen LogP contribution in [0.4, 0.5) is 0 Å². The van der Waals surface area contributed by atoms with E-state index in [2.05, 4.69) is 419 Å². The summed E-state index contributed by atoms with van der Waals surface area (Å²) in [4.78, 5) is 0. The highest BCUT2D eigenvalue weighted by atomic mass is 14.9. The van der Waals surface area contributed by atoms with Gasteiger partial charge in [-0.25, -0.2) is 22.8 Å². The lowest BCUT2D eigenvalue weighted by molar-refractivity contribution is -0.659. The van der Waals surface area contributed by atoms with E-state index in [-0.39, 0.29) is 0 Å². The largest absolute Gasteiger partial charge is 0.220 e. The SMILES string of the molecule is Cc1cc(C)c(C)c(-c2c3ccc(C(C)C)cc3cc[n+]2C)c1.Cc1cc(C)c(C)c(-c2c3ccc(CC(C)C)cc3cc[n+]2C)c1.Cc1cc(C)c(C)c(-c2c3ccccc3cc[n+]2C)c1.Cc1cc(C)c(C)c(-c2c3ccccc3cc[n+]2C)c1.Cc1ccccc1-c1c2ccccc2cc[n+]1C. The van der Waals surface area contributed by atoms with Gasteiger partial charge in [-0.05, 0) is 257 Å². The molecule has 0 spiro atoms. The molecule has 0 aliphatic carbocycles. The summed E-state index contributed by atoms with van der Waals surface area (Å²) < 4.78 is 11.2. The van der Waals surface area contributed by atoms with Gasteiger partial charge in [-0.2, -0.15) is 0 Å². The van der Waals surface area contributed by atoms with Crippen molar-refractivity contribution in [3.8, 4) is 56.3 Å². The Balaban J connectivity index is 0.000000132. The van der Waals surface area contributed by atoms with Gasteiger partial charge in [0.25, 0.3) is 0 Å².